The first-order valence-corrected chi connectivity index (χ1v) is 8.61. The van der Waals surface area contributed by atoms with Gasteiger partial charge in [0.2, 0.25) is 0 Å². The molecule has 3 aromatic rings. The minimum atomic E-state index is 0.00940. The van der Waals surface area contributed by atoms with E-state index >= 15 is 0 Å². The molecule has 1 aliphatic carbocycles. The lowest BCUT2D eigenvalue weighted by Crippen LogP contribution is -2.16. The fourth-order valence-electron chi connectivity index (χ4n) is 3.87. The van der Waals surface area contributed by atoms with E-state index in [1.807, 2.05) is 12.1 Å². The summed E-state index contributed by atoms with van der Waals surface area (Å²) in [6.45, 7) is 2.11. The maximum atomic E-state index is 12.7. The van der Waals surface area contributed by atoms with Crippen LogP contribution in [-0.4, -0.2) is 10.8 Å². The van der Waals surface area contributed by atoms with Gasteiger partial charge in [0.1, 0.15) is 0 Å². The van der Waals surface area contributed by atoms with Gasteiger partial charge in [0, 0.05) is 34.5 Å². The number of carbonyl (C=O) groups is 1. The Balaban J connectivity index is 1.97. The van der Waals surface area contributed by atoms with Crippen LogP contribution in [0.2, 0.25) is 0 Å². The van der Waals surface area contributed by atoms with Gasteiger partial charge in [-0.2, -0.15) is 0 Å². The van der Waals surface area contributed by atoms with Crippen LogP contribution in [0.25, 0.3) is 10.9 Å². The molecule has 0 fully saturated rings. The number of hydrogen-bond acceptors (Lipinski definition) is 1. The Morgan fingerprint density at radius 3 is 2.54 bits per heavy atom. The average molecular weight is 315 g/mol. The lowest BCUT2D eigenvalue weighted by Gasteiger charge is -2.23. The monoisotopic (exact) mass is 315 g/mol. The number of fused-ring (bicyclic) bond motifs is 1. The zero-order valence-electron chi connectivity index (χ0n) is 13.9. The fraction of sp³-hybridized carbons (Fsp3) is 0.227. The molecule has 0 aliphatic heterocycles. The Morgan fingerprint density at radius 2 is 1.75 bits per heavy atom. The van der Waals surface area contributed by atoms with E-state index in [-0.39, 0.29) is 5.92 Å². The van der Waals surface area contributed by atoms with Crippen LogP contribution >= 0.6 is 0 Å². The van der Waals surface area contributed by atoms with E-state index in [4.69, 9.17) is 0 Å². The van der Waals surface area contributed by atoms with Crippen molar-refractivity contribution < 1.29 is 4.79 Å². The predicted molar refractivity (Wildman–Crippen MR) is 98.3 cm³/mol. The number of H-pyrrole nitrogens is 1. The van der Waals surface area contributed by atoms with Crippen molar-refractivity contribution in [3.8, 4) is 0 Å². The number of carbonyl (C=O) groups excluding carboxylic acids is 1. The highest BCUT2D eigenvalue weighted by molar-refractivity contribution is 6.00. The molecule has 2 nitrogen and oxygen atoms in total. The molecule has 0 bridgehead atoms. The summed E-state index contributed by atoms with van der Waals surface area (Å²) in [5.41, 5.74) is 5.66. The van der Waals surface area contributed by atoms with Crippen molar-refractivity contribution >= 4 is 16.7 Å². The second-order valence-corrected chi connectivity index (χ2v) is 6.53. The highest BCUT2D eigenvalue weighted by Crippen LogP contribution is 2.40. The molecular weight excluding hydrogens is 294 g/mol. The number of nitrogens with one attached hydrogen (secondary N) is 1. The summed E-state index contributed by atoms with van der Waals surface area (Å²) < 4.78 is 0. The standard InChI is InChI=1S/C22H21NO/c1-15-21(17-11-5-7-13-19(17)23-15)22(16-9-3-2-4-10-16)18-12-6-8-14-20(18)24/h2-5,7,9-13,22-23H,6,8,14H2,1H3. The lowest BCUT2D eigenvalue weighted by molar-refractivity contribution is -0.116. The van der Waals surface area contributed by atoms with Gasteiger partial charge in [0.05, 0.1) is 0 Å². The molecule has 1 aromatic heterocycles. The minimum absolute atomic E-state index is 0.00940. The van der Waals surface area contributed by atoms with Crippen LogP contribution in [0.1, 0.15) is 42.0 Å². The zero-order chi connectivity index (χ0) is 16.5. The number of Topliss-reactive ketones (excluding diaryl/α,β-unsaturated/α-hetero) is 1. The molecule has 1 N–H and O–H groups in total. The number of allylic oxidation sites excluding steroid dienone is 2. The number of para-hydroxylation sites is 1. The second kappa shape index (κ2) is 6.12. The second-order valence-electron chi connectivity index (χ2n) is 6.53. The summed E-state index contributed by atoms with van der Waals surface area (Å²) in [4.78, 5) is 16.2. The molecule has 1 heterocycles. The van der Waals surface area contributed by atoms with Gasteiger partial charge >= 0.3 is 0 Å². The minimum Gasteiger partial charge on any atom is -0.358 e. The molecule has 2 aromatic carbocycles. The lowest BCUT2D eigenvalue weighted by atomic mass is 9.78. The fourth-order valence-corrected chi connectivity index (χ4v) is 3.87. The Labute approximate surface area is 142 Å². The Morgan fingerprint density at radius 1 is 1.00 bits per heavy atom. The van der Waals surface area contributed by atoms with Crippen molar-refractivity contribution in [3.05, 3.63) is 83.1 Å². The molecule has 2 heteroatoms. The third-order valence-corrected chi connectivity index (χ3v) is 4.97. The van der Waals surface area contributed by atoms with Crippen molar-refractivity contribution in [2.24, 2.45) is 0 Å². The topological polar surface area (TPSA) is 32.9 Å². The van der Waals surface area contributed by atoms with E-state index in [1.54, 1.807) is 0 Å². The normalized spacial score (nSPS) is 16.2. The van der Waals surface area contributed by atoms with Crippen LogP contribution in [0.15, 0.2) is 66.2 Å². The number of benzene rings is 2. The maximum absolute atomic E-state index is 12.7. The molecule has 1 unspecified atom stereocenters. The highest BCUT2D eigenvalue weighted by atomic mass is 16.1. The predicted octanol–water partition coefficient (Wildman–Crippen LogP) is 5.29. The van der Waals surface area contributed by atoms with Crippen molar-refractivity contribution in [2.75, 3.05) is 0 Å². The summed E-state index contributed by atoms with van der Waals surface area (Å²) in [6, 6.07) is 18.8. The number of aryl methyl sites for hydroxylation is 1. The Hall–Kier alpha value is -2.61. The van der Waals surface area contributed by atoms with Crippen molar-refractivity contribution in [3.63, 3.8) is 0 Å². The van der Waals surface area contributed by atoms with E-state index in [0.29, 0.717) is 12.2 Å². The smallest absolute Gasteiger partial charge is 0.159 e. The van der Waals surface area contributed by atoms with E-state index < -0.39 is 0 Å². The van der Waals surface area contributed by atoms with Gasteiger partial charge in [0.25, 0.3) is 0 Å². The highest BCUT2D eigenvalue weighted by Gasteiger charge is 2.29. The molecule has 0 amide bonds. The SMILES string of the molecule is Cc1[nH]c2ccccc2c1C(C1=CCCCC1=O)c1ccccc1. The van der Waals surface area contributed by atoms with Crippen LogP contribution in [-0.2, 0) is 4.79 Å². The van der Waals surface area contributed by atoms with Crippen LogP contribution in [0.3, 0.4) is 0 Å². The van der Waals surface area contributed by atoms with Crippen LogP contribution in [0.5, 0.6) is 0 Å². The third kappa shape index (κ3) is 2.48. The number of aromatic amines is 1. The molecular formula is C22H21NO. The first-order chi connectivity index (χ1) is 11.8. The van der Waals surface area contributed by atoms with Gasteiger partial charge in [-0.3, -0.25) is 4.79 Å². The molecule has 0 radical (unpaired) electrons. The molecule has 1 aliphatic rings. The number of hydrogen-bond donors (Lipinski definition) is 1. The summed E-state index contributed by atoms with van der Waals surface area (Å²) >= 11 is 0. The average Bonchev–Trinajstić information content (AvgIpc) is 2.94. The first-order valence-electron chi connectivity index (χ1n) is 8.61. The van der Waals surface area contributed by atoms with Gasteiger partial charge < -0.3 is 4.98 Å². The molecule has 4 rings (SSSR count). The van der Waals surface area contributed by atoms with Crippen molar-refractivity contribution in [1.82, 2.24) is 4.98 Å². The van der Waals surface area contributed by atoms with Gasteiger partial charge in [-0.05, 0) is 37.0 Å². The summed E-state index contributed by atoms with van der Waals surface area (Å²) in [7, 11) is 0. The molecule has 1 atom stereocenters. The summed E-state index contributed by atoms with van der Waals surface area (Å²) in [5, 5.41) is 1.21. The van der Waals surface area contributed by atoms with Crippen LogP contribution < -0.4 is 0 Å². The van der Waals surface area contributed by atoms with Gasteiger partial charge in [0.15, 0.2) is 5.78 Å². The molecule has 0 saturated heterocycles. The number of rotatable bonds is 3. The van der Waals surface area contributed by atoms with E-state index in [2.05, 4.69) is 60.4 Å². The number of ketones is 1. The van der Waals surface area contributed by atoms with Crippen LogP contribution in [0, 0.1) is 6.92 Å². The van der Waals surface area contributed by atoms with Crippen molar-refractivity contribution in [2.45, 2.75) is 32.1 Å². The quantitative estimate of drug-likeness (QED) is 0.700. The van der Waals surface area contributed by atoms with Crippen LogP contribution in [0.4, 0.5) is 0 Å². The molecule has 24 heavy (non-hydrogen) atoms. The van der Waals surface area contributed by atoms with E-state index in [9.17, 15) is 4.79 Å². The van der Waals surface area contributed by atoms with Crippen molar-refractivity contribution in [1.29, 1.82) is 0 Å². The molecule has 120 valence electrons. The van der Waals surface area contributed by atoms with Gasteiger partial charge in [-0.25, -0.2) is 0 Å². The molecule has 0 spiro atoms. The number of aromatic nitrogens is 1. The maximum Gasteiger partial charge on any atom is 0.159 e. The third-order valence-electron chi connectivity index (χ3n) is 4.97. The summed E-state index contributed by atoms with van der Waals surface area (Å²) in [6.07, 6.45) is 4.78. The molecule has 0 saturated carbocycles. The van der Waals surface area contributed by atoms with Gasteiger partial charge in [-0.15, -0.1) is 0 Å². The van der Waals surface area contributed by atoms with E-state index in [0.717, 1.165) is 29.6 Å². The Bertz CT molecular complexity index is 918. The zero-order valence-corrected chi connectivity index (χ0v) is 13.9. The first kappa shape index (κ1) is 14.9. The largest absolute Gasteiger partial charge is 0.358 e. The van der Waals surface area contributed by atoms with Gasteiger partial charge in [-0.1, -0.05) is 54.6 Å². The van der Waals surface area contributed by atoms with E-state index in [1.165, 1.54) is 16.5 Å². The summed E-state index contributed by atoms with van der Waals surface area (Å²) in [5.74, 6) is 0.301. The Kier molecular flexibility index (Phi) is 3.81.